The molecule has 0 aromatic heterocycles. The van der Waals surface area contributed by atoms with Gasteiger partial charge in [-0.2, -0.15) is 0 Å². The van der Waals surface area contributed by atoms with Crippen molar-refractivity contribution in [3.05, 3.63) is 69.8 Å². The molecule has 0 aliphatic carbocycles. The molecular weight excluding hydrogens is 312 g/mol. The zero-order chi connectivity index (χ0) is 18.6. The van der Waals surface area contributed by atoms with Gasteiger partial charge in [-0.1, -0.05) is 37.6 Å². The van der Waals surface area contributed by atoms with Gasteiger partial charge in [0.25, 0.3) is 0 Å². The molecule has 0 spiro atoms. The Labute approximate surface area is 150 Å². The van der Waals surface area contributed by atoms with Crippen LogP contribution in [0.5, 0.6) is 0 Å². The van der Waals surface area contributed by atoms with E-state index in [1.807, 2.05) is 45.0 Å². The quantitative estimate of drug-likeness (QED) is 0.539. The molecule has 1 atom stereocenters. The number of hydrogen-bond donors (Lipinski definition) is 0. The first-order valence-electron chi connectivity index (χ1n) is 8.71. The molecule has 0 heterocycles. The van der Waals surface area contributed by atoms with Crippen LogP contribution in [0.25, 0.3) is 0 Å². The molecule has 0 N–H and O–H groups in total. The zero-order valence-corrected chi connectivity index (χ0v) is 15.7. The van der Waals surface area contributed by atoms with E-state index in [-0.39, 0.29) is 12.4 Å². The molecule has 2 aromatic rings. The van der Waals surface area contributed by atoms with Crippen LogP contribution in [0.2, 0.25) is 0 Å². The highest BCUT2D eigenvalue weighted by molar-refractivity contribution is 6.00. The average Bonchev–Trinajstić information content (AvgIpc) is 2.61. The van der Waals surface area contributed by atoms with Crippen molar-refractivity contribution in [2.75, 3.05) is 6.61 Å². The van der Waals surface area contributed by atoms with E-state index in [4.69, 9.17) is 4.74 Å². The van der Waals surface area contributed by atoms with Crippen LogP contribution in [0.1, 0.15) is 69.2 Å². The summed E-state index contributed by atoms with van der Waals surface area (Å²) in [5.74, 6) is -0.181. The summed E-state index contributed by atoms with van der Waals surface area (Å²) >= 11 is 0. The van der Waals surface area contributed by atoms with Crippen LogP contribution in [0.4, 0.5) is 0 Å². The van der Waals surface area contributed by atoms with Gasteiger partial charge in [0.05, 0.1) is 5.56 Å². The summed E-state index contributed by atoms with van der Waals surface area (Å²) < 4.78 is 5.22. The van der Waals surface area contributed by atoms with Gasteiger partial charge < -0.3 is 4.74 Å². The Morgan fingerprint density at radius 1 is 1.04 bits per heavy atom. The number of carbonyl (C=O) groups is 2. The predicted octanol–water partition coefficient (Wildman–Crippen LogP) is 5.17. The van der Waals surface area contributed by atoms with E-state index in [1.54, 1.807) is 12.1 Å². The minimum Gasteiger partial charge on any atom is -0.454 e. The second kappa shape index (κ2) is 8.11. The number of benzene rings is 2. The molecule has 25 heavy (non-hydrogen) atoms. The number of carbonyl (C=O) groups excluding carboxylic acids is 2. The van der Waals surface area contributed by atoms with E-state index in [0.717, 1.165) is 23.1 Å². The largest absolute Gasteiger partial charge is 0.454 e. The van der Waals surface area contributed by atoms with Gasteiger partial charge in [-0.15, -0.1) is 0 Å². The van der Waals surface area contributed by atoms with E-state index in [2.05, 4.69) is 13.8 Å². The number of aryl methyl sites for hydroxylation is 2. The molecule has 3 nitrogen and oxygen atoms in total. The van der Waals surface area contributed by atoms with Crippen molar-refractivity contribution in [3.63, 3.8) is 0 Å². The van der Waals surface area contributed by atoms with Crippen molar-refractivity contribution < 1.29 is 14.3 Å². The Kier molecular flexibility index (Phi) is 6.13. The third kappa shape index (κ3) is 4.56. The molecular formula is C22H26O3. The highest BCUT2D eigenvalue weighted by atomic mass is 16.5. The van der Waals surface area contributed by atoms with Gasteiger partial charge in [0.15, 0.2) is 6.61 Å². The summed E-state index contributed by atoms with van der Waals surface area (Å²) in [4.78, 5) is 24.6. The van der Waals surface area contributed by atoms with Gasteiger partial charge >= 0.3 is 5.97 Å². The van der Waals surface area contributed by atoms with Gasteiger partial charge in [-0.05, 0) is 68.0 Å². The standard InChI is InChI=1S/C22H26O3/c1-6-15(3)18-7-9-19(10-8-18)22(24)25-13-21(23)20-12-14(2)11-16(4)17(20)5/h7-12,15H,6,13H2,1-5H3. The first-order chi connectivity index (χ1) is 11.8. The number of ether oxygens (including phenoxy) is 1. The van der Waals surface area contributed by atoms with Crippen molar-refractivity contribution in [1.82, 2.24) is 0 Å². The Morgan fingerprint density at radius 3 is 2.28 bits per heavy atom. The summed E-state index contributed by atoms with van der Waals surface area (Å²) in [6, 6.07) is 11.3. The lowest BCUT2D eigenvalue weighted by atomic mass is 9.97. The predicted molar refractivity (Wildman–Crippen MR) is 100 cm³/mol. The summed E-state index contributed by atoms with van der Waals surface area (Å²) in [5.41, 5.74) is 5.31. The lowest BCUT2D eigenvalue weighted by Crippen LogP contribution is -2.15. The SMILES string of the molecule is CCC(C)c1ccc(C(=O)OCC(=O)c2cc(C)cc(C)c2C)cc1. The number of esters is 1. The van der Waals surface area contributed by atoms with E-state index in [1.165, 1.54) is 5.56 Å². The second-order valence-corrected chi connectivity index (χ2v) is 6.68. The van der Waals surface area contributed by atoms with Gasteiger partial charge in [-0.25, -0.2) is 4.79 Å². The topological polar surface area (TPSA) is 43.4 Å². The van der Waals surface area contributed by atoms with E-state index in [9.17, 15) is 9.59 Å². The molecule has 2 aromatic carbocycles. The molecule has 132 valence electrons. The second-order valence-electron chi connectivity index (χ2n) is 6.68. The number of Topliss-reactive ketones (excluding diaryl/α,β-unsaturated/α-hetero) is 1. The normalized spacial score (nSPS) is 11.9. The van der Waals surface area contributed by atoms with Crippen LogP contribution >= 0.6 is 0 Å². The lowest BCUT2D eigenvalue weighted by Gasteiger charge is -2.11. The molecule has 0 saturated heterocycles. The van der Waals surface area contributed by atoms with E-state index in [0.29, 0.717) is 17.0 Å². The fraction of sp³-hybridized carbons (Fsp3) is 0.364. The van der Waals surface area contributed by atoms with Crippen LogP contribution in [0, 0.1) is 20.8 Å². The van der Waals surface area contributed by atoms with Crippen LogP contribution in [0.3, 0.4) is 0 Å². The molecule has 0 radical (unpaired) electrons. The Balaban J connectivity index is 2.03. The molecule has 0 aliphatic rings. The Hall–Kier alpha value is -2.42. The van der Waals surface area contributed by atoms with Crippen LogP contribution in [0.15, 0.2) is 36.4 Å². The van der Waals surface area contributed by atoms with Gasteiger partial charge in [-0.3, -0.25) is 4.79 Å². The highest BCUT2D eigenvalue weighted by Gasteiger charge is 2.15. The smallest absolute Gasteiger partial charge is 0.338 e. The summed E-state index contributed by atoms with van der Waals surface area (Å²) in [6.45, 7) is 9.89. The molecule has 3 heteroatoms. The van der Waals surface area contributed by atoms with Crippen LogP contribution in [-0.4, -0.2) is 18.4 Å². The summed E-state index contributed by atoms with van der Waals surface area (Å²) in [7, 11) is 0. The minimum atomic E-state index is -0.467. The van der Waals surface area contributed by atoms with Crippen molar-refractivity contribution in [2.24, 2.45) is 0 Å². The fourth-order valence-corrected chi connectivity index (χ4v) is 2.81. The highest BCUT2D eigenvalue weighted by Crippen LogP contribution is 2.20. The third-order valence-electron chi connectivity index (χ3n) is 4.77. The molecule has 2 rings (SSSR count). The Bertz CT molecular complexity index is 773. The first-order valence-corrected chi connectivity index (χ1v) is 8.71. The third-order valence-corrected chi connectivity index (χ3v) is 4.77. The van der Waals surface area contributed by atoms with Crippen molar-refractivity contribution in [2.45, 2.75) is 47.0 Å². The molecule has 0 saturated carbocycles. The van der Waals surface area contributed by atoms with Gasteiger partial charge in [0.1, 0.15) is 0 Å². The van der Waals surface area contributed by atoms with E-state index < -0.39 is 5.97 Å². The average molecular weight is 338 g/mol. The molecule has 0 amide bonds. The van der Waals surface area contributed by atoms with Crippen molar-refractivity contribution in [3.8, 4) is 0 Å². The van der Waals surface area contributed by atoms with Gasteiger partial charge in [0.2, 0.25) is 5.78 Å². The van der Waals surface area contributed by atoms with Crippen molar-refractivity contribution in [1.29, 1.82) is 0 Å². The monoisotopic (exact) mass is 338 g/mol. The molecule has 0 bridgehead atoms. The minimum absolute atomic E-state index is 0.172. The van der Waals surface area contributed by atoms with Crippen LogP contribution in [-0.2, 0) is 4.74 Å². The summed E-state index contributed by atoms with van der Waals surface area (Å²) in [5, 5.41) is 0. The Morgan fingerprint density at radius 2 is 1.68 bits per heavy atom. The van der Waals surface area contributed by atoms with Crippen LogP contribution < -0.4 is 0 Å². The zero-order valence-electron chi connectivity index (χ0n) is 15.7. The molecule has 0 aliphatic heterocycles. The number of ketones is 1. The lowest BCUT2D eigenvalue weighted by molar-refractivity contribution is 0.0474. The first kappa shape index (κ1) is 18.9. The maximum absolute atomic E-state index is 12.4. The number of rotatable bonds is 6. The van der Waals surface area contributed by atoms with E-state index >= 15 is 0 Å². The maximum atomic E-state index is 12.4. The summed E-state index contributed by atoms with van der Waals surface area (Å²) in [6.07, 6.45) is 1.05. The fourth-order valence-electron chi connectivity index (χ4n) is 2.81. The van der Waals surface area contributed by atoms with Gasteiger partial charge in [0, 0.05) is 5.56 Å². The number of hydrogen-bond acceptors (Lipinski definition) is 3. The van der Waals surface area contributed by atoms with Crippen molar-refractivity contribution >= 4 is 11.8 Å². The molecule has 0 fully saturated rings. The molecule has 1 unspecified atom stereocenters. The maximum Gasteiger partial charge on any atom is 0.338 e.